The number of rotatable bonds is 4. The van der Waals surface area contributed by atoms with E-state index in [1.54, 1.807) is 12.1 Å². The number of anilines is 1. The molecule has 0 atom stereocenters. The van der Waals surface area contributed by atoms with Crippen LogP contribution in [0, 0.1) is 23.1 Å². The maximum Gasteiger partial charge on any atom is 0.351 e. The molecule has 3 aliphatic rings. The molecule has 0 unspecified atom stereocenters. The summed E-state index contributed by atoms with van der Waals surface area (Å²) in [7, 11) is 0. The Hall–Kier alpha value is -3.70. The molecule has 1 saturated carbocycles. The number of hydrogen-bond acceptors (Lipinski definition) is 7. The monoisotopic (exact) mass is 487 g/mol. The Morgan fingerprint density at radius 1 is 1.08 bits per heavy atom. The minimum absolute atomic E-state index is 0.0589. The van der Waals surface area contributed by atoms with Gasteiger partial charge in [-0.25, -0.2) is 14.2 Å². The third kappa shape index (κ3) is 5.26. The first-order valence-electron chi connectivity index (χ1n) is 12.7. The maximum atomic E-state index is 13.4. The standard InChI is InChI=1S/C28H30FN5O2/c29-22-9-6-20(7-10-22)21-8-11-24-25(16-21)33-27(34-14-12-31-13-15-34)26(32-24)23(17-30)28(35)36-18-19-4-2-1-3-5-19/h6-11,16,19,31-32H,1-5,12-15,18H2/b26-23-. The molecule has 186 valence electrons. The summed E-state index contributed by atoms with van der Waals surface area (Å²) in [6.07, 6.45) is 5.66. The minimum atomic E-state index is -0.611. The fraction of sp³-hybridized carbons (Fsp3) is 0.393. The molecular weight excluding hydrogens is 457 g/mol. The van der Waals surface area contributed by atoms with Gasteiger partial charge in [-0.3, -0.25) is 0 Å². The normalized spacial score (nSPS) is 19.4. The first-order valence-corrected chi connectivity index (χ1v) is 12.7. The first-order chi connectivity index (χ1) is 17.6. The molecule has 1 aliphatic carbocycles. The molecule has 1 saturated heterocycles. The van der Waals surface area contributed by atoms with Crippen LogP contribution in [0.2, 0.25) is 0 Å². The number of nitriles is 1. The fourth-order valence-electron chi connectivity index (χ4n) is 5.02. The molecule has 2 heterocycles. The summed E-state index contributed by atoms with van der Waals surface area (Å²) < 4.78 is 19.0. The molecule has 2 aromatic carbocycles. The largest absolute Gasteiger partial charge is 0.461 e. The summed E-state index contributed by atoms with van der Waals surface area (Å²) in [5.74, 6) is 0.0247. The summed E-state index contributed by atoms with van der Waals surface area (Å²) in [6.45, 7) is 3.31. The summed E-state index contributed by atoms with van der Waals surface area (Å²) in [5, 5.41) is 16.6. The number of halogens is 1. The number of amidine groups is 1. The lowest BCUT2D eigenvalue weighted by molar-refractivity contribution is -0.140. The van der Waals surface area contributed by atoms with E-state index < -0.39 is 5.97 Å². The molecule has 36 heavy (non-hydrogen) atoms. The van der Waals surface area contributed by atoms with E-state index in [1.165, 1.54) is 18.6 Å². The number of nitrogens with one attached hydrogen (secondary N) is 2. The van der Waals surface area contributed by atoms with Crippen LogP contribution in [0.25, 0.3) is 11.1 Å². The van der Waals surface area contributed by atoms with Crippen LogP contribution in [0.4, 0.5) is 15.8 Å². The SMILES string of the molecule is N#C/C(C(=O)OCC1CCCCC1)=C1/Nc2ccc(-c3ccc(F)cc3)cc2N=C1N1CCNCC1. The van der Waals surface area contributed by atoms with Crippen molar-refractivity contribution in [2.45, 2.75) is 32.1 Å². The van der Waals surface area contributed by atoms with Crippen LogP contribution in [-0.4, -0.2) is 49.5 Å². The summed E-state index contributed by atoms with van der Waals surface area (Å²) >= 11 is 0. The Bertz CT molecular complexity index is 1220. The van der Waals surface area contributed by atoms with E-state index >= 15 is 0 Å². The zero-order valence-electron chi connectivity index (χ0n) is 20.2. The number of benzene rings is 2. The van der Waals surface area contributed by atoms with Gasteiger partial charge in [0.15, 0.2) is 11.4 Å². The topological polar surface area (TPSA) is 89.8 Å². The Morgan fingerprint density at radius 2 is 1.81 bits per heavy atom. The summed E-state index contributed by atoms with van der Waals surface area (Å²) in [5.41, 5.74) is 3.50. The molecule has 2 aromatic rings. The highest BCUT2D eigenvalue weighted by Gasteiger charge is 2.30. The van der Waals surface area contributed by atoms with Crippen molar-refractivity contribution in [3.8, 4) is 17.2 Å². The van der Waals surface area contributed by atoms with Crippen molar-refractivity contribution in [1.29, 1.82) is 5.26 Å². The van der Waals surface area contributed by atoms with Gasteiger partial charge in [-0.15, -0.1) is 0 Å². The highest BCUT2D eigenvalue weighted by molar-refractivity contribution is 6.12. The third-order valence-corrected chi connectivity index (χ3v) is 7.04. The van der Waals surface area contributed by atoms with E-state index in [9.17, 15) is 14.4 Å². The van der Waals surface area contributed by atoms with Crippen LogP contribution >= 0.6 is 0 Å². The number of fused-ring (bicyclic) bond motifs is 1. The van der Waals surface area contributed by atoms with Gasteiger partial charge >= 0.3 is 5.97 Å². The lowest BCUT2D eigenvalue weighted by Gasteiger charge is -2.34. The Labute approximate surface area is 210 Å². The van der Waals surface area contributed by atoms with Crippen LogP contribution in [0.15, 0.2) is 58.7 Å². The van der Waals surface area contributed by atoms with Crippen molar-refractivity contribution in [2.75, 3.05) is 38.1 Å². The zero-order chi connectivity index (χ0) is 24.9. The molecule has 2 aliphatic heterocycles. The number of piperazine rings is 1. The molecule has 2 fully saturated rings. The number of carbonyl (C=O) groups excluding carboxylic acids is 1. The molecule has 0 bridgehead atoms. The predicted octanol–water partition coefficient (Wildman–Crippen LogP) is 4.75. The van der Waals surface area contributed by atoms with Crippen LogP contribution in [0.5, 0.6) is 0 Å². The molecule has 0 radical (unpaired) electrons. The Morgan fingerprint density at radius 3 is 2.53 bits per heavy atom. The fourth-order valence-corrected chi connectivity index (χ4v) is 5.02. The van der Waals surface area contributed by atoms with Crippen LogP contribution in [-0.2, 0) is 9.53 Å². The molecule has 0 aromatic heterocycles. The van der Waals surface area contributed by atoms with Crippen molar-refractivity contribution in [3.63, 3.8) is 0 Å². The lowest BCUT2D eigenvalue weighted by atomic mass is 9.90. The van der Waals surface area contributed by atoms with Gasteiger partial charge in [0.2, 0.25) is 0 Å². The zero-order valence-corrected chi connectivity index (χ0v) is 20.2. The summed E-state index contributed by atoms with van der Waals surface area (Å²) in [6, 6.07) is 14.1. The van der Waals surface area contributed by atoms with Crippen molar-refractivity contribution in [3.05, 3.63) is 59.6 Å². The Balaban J connectivity index is 1.48. The second-order valence-corrected chi connectivity index (χ2v) is 9.50. The number of nitrogens with zero attached hydrogens (tertiary/aromatic N) is 3. The number of ether oxygens (including phenoxy) is 1. The summed E-state index contributed by atoms with van der Waals surface area (Å²) in [4.78, 5) is 20.1. The lowest BCUT2D eigenvalue weighted by Crippen LogP contribution is -2.48. The third-order valence-electron chi connectivity index (χ3n) is 7.04. The van der Waals surface area contributed by atoms with Gasteiger partial charge < -0.3 is 20.3 Å². The predicted molar refractivity (Wildman–Crippen MR) is 137 cm³/mol. The van der Waals surface area contributed by atoms with Crippen molar-refractivity contribution in [2.24, 2.45) is 10.9 Å². The van der Waals surface area contributed by atoms with E-state index in [0.29, 0.717) is 48.5 Å². The van der Waals surface area contributed by atoms with Crippen molar-refractivity contribution in [1.82, 2.24) is 10.2 Å². The van der Waals surface area contributed by atoms with Gasteiger partial charge in [0.05, 0.1) is 18.0 Å². The van der Waals surface area contributed by atoms with E-state index in [-0.39, 0.29) is 11.4 Å². The van der Waals surface area contributed by atoms with E-state index in [1.807, 2.05) is 18.2 Å². The van der Waals surface area contributed by atoms with Gasteiger partial charge in [0.25, 0.3) is 0 Å². The average molecular weight is 488 g/mol. The number of hydrogen-bond donors (Lipinski definition) is 2. The van der Waals surface area contributed by atoms with Gasteiger partial charge in [-0.05, 0) is 54.2 Å². The molecule has 2 N–H and O–H groups in total. The molecule has 5 rings (SSSR count). The minimum Gasteiger partial charge on any atom is -0.461 e. The van der Waals surface area contributed by atoms with E-state index in [0.717, 1.165) is 49.9 Å². The van der Waals surface area contributed by atoms with Crippen molar-refractivity contribution < 1.29 is 13.9 Å². The highest BCUT2D eigenvalue weighted by atomic mass is 19.1. The van der Waals surface area contributed by atoms with E-state index in [4.69, 9.17) is 9.73 Å². The van der Waals surface area contributed by atoms with Crippen molar-refractivity contribution >= 4 is 23.2 Å². The van der Waals surface area contributed by atoms with Gasteiger partial charge in [0, 0.05) is 26.2 Å². The number of aliphatic imine (C=N–C) groups is 1. The second kappa shape index (κ2) is 10.9. The number of esters is 1. The molecule has 0 amide bonds. The van der Waals surface area contributed by atoms with Gasteiger partial charge in [0.1, 0.15) is 17.6 Å². The molecule has 0 spiro atoms. The van der Waals surface area contributed by atoms with Crippen LogP contribution in [0.3, 0.4) is 0 Å². The quantitative estimate of drug-likeness (QED) is 0.367. The maximum absolute atomic E-state index is 13.4. The first kappa shape index (κ1) is 24.0. The van der Waals surface area contributed by atoms with Gasteiger partial charge in [-0.2, -0.15) is 5.26 Å². The highest BCUT2D eigenvalue weighted by Crippen LogP contribution is 2.37. The molecular formula is C28H30FN5O2. The number of carbonyl (C=O) groups is 1. The average Bonchev–Trinajstić information content (AvgIpc) is 2.93. The molecule has 8 heteroatoms. The second-order valence-electron chi connectivity index (χ2n) is 9.50. The smallest absolute Gasteiger partial charge is 0.351 e. The molecule has 7 nitrogen and oxygen atoms in total. The van der Waals surface area contributed by atoms with E-state index in [2.05, 4.69) is 21.6 Å². The van der Waals surface area contributed by atoms with Crippen LogP contribution < -0.4 is 10.6 Å². The van der Waals surface area contributed by atoms with Crippen LogP contribution in [0.1, 0.15) is 32.1 Å². The van der Waals surface area contributed by atoms with Gasteiger partial charge in [-0.1, -0.05) is 37.5 Å². The Kier molecular flexibility index (Phi) is 7.28.